The second kappa shape index (κ2) is 5.46. The van der Waals surface area contributed by atoms with E-state index in [1.165, 1.54) is 5.56 Å². The summed E-state index contributed by atoms with van der Waals surface area (Å²) in [7, 11) is 0. The van der Waals surface area contributed by atoms with Crippen LogP contribution in [-0.4, -0.2) is 29.3 Å². The fraction of sp³-hybridized carbons (Fsp3) is 0.400. The summed E-state index contributed by atoms with van der Waals surface area (Å²) in [5.41, 5.74) is 9.38. The summed E-state index contributed by atoms with van der Waals surface area (Å²) in [6.45, 7) is 4.01. The molecule has 2 heterocycles. The Morgan fingerprint density at radius 3 is 2.80 bits per heavy atom. The minimum absolute atomic E-state index is 0.249. The normalized spacial score (nSPS) is 19.4. The molecular formula is C15H19ClN4. The number of nitrogens with zero attached hydrogens (tertiary/aromatic N) is 2. The van der Waals surface area contributed by atoms with Crippen molar-refractivity contribution in [3.8, 4) is 11.3 Å². The topological polar surface area (TPSA) is 57.9 Å². The van der Waals surface area contributed by atoms with E-state index in [1.807, 2.05) is 24.3 Å². The second-order valence-corrected chi connectivity index (χ2v) is 5.84. The van der Waals surface area contributed by atoms with Gasteiger partial charge in [0.1, 0.15) is 0 Å². The number of rotatable bonds is 2. The standard InChI is InChI=1S/C15H19ClN4/c1-10-14(11-4-6-12(16)7-5-11)18-19-15(10)20-8-2-3-13(17)9-20/h4-7,13H,2-3,8-9,17H2,1H3,(H,18,19). The molecule has 0 radical (unpaired) electrons. The summed E-state index contributed by atoms with van der Waals surface area (Å²) in [6.07, 6.45) is 2.23. The highest BCUT2D eigenvalue weighted by Gasteiger charge is 2.22. The van der Waals surface area contributed by atoms with Crippen molar-refractivity contribution in [2.75, 3.05) is 18.0 Å². The van der Waals surface area contributed by atoms with E-state index in [1.54, 1.807) is 0 Å². The van der Waals surface area contributed by atoms with Crippen LogP contribution in [0.5, 0.6) is 0 Å². The van der Waals surface area contributed by atoms with Crippen molar-refractivity contribution in [1.29, 1.82) is 0 Å². The van der Waals surface area contributed by atoms with E-state index in [4.69, 9.17) is 17.3 Å². The molecule has 0 spiro atoms. The highest BCUT2D eigenvalue weighted by Crippen LogP contribution is 2.30. The van der Waals surface area contributed by atoms with Crippen molar-refractivity contribution in [2.45, 2.75) is 25.8 Å². The maximum Gasteiger partial charge on any atom is 0.153 e. The molecule has 3 rings (SSSR count). The van der Waals surface area contributed by atoms with Gasteiger partial charge < -0.3 is 10.6 Å². The first-order valence-electron chi connectivity index (χ1n) is 6.96. The maximum absolute atomic E-state index is 6.05. The van der Waals surface area contributed by atoms with Crippen LogP contribution >= 0.6 is 11.6 Å². The first kappa shape index (κ1) is 13.5. The average molecular weight is 291 g/mol. The van der Waals surface area contributed by atoms with Crippen molar-refractivity contribution < 1.29 is 0 Å². The SMILES string of the molecule is Cc1c(N2CCCC(N)C2)n[nH]c1-c1ccc(Cl)cc1. The Kier molecular flexibility index (Phi) is 3.68. The summed E-state index contributed by atoms with van der Waals surface area (Å²) in [5, 5.41) is 8.38. The van der Waals surface area contributed by atoms with E-state index < -0.39 is 0 Å². The number of benzene rings is 1. The van der Waals surface area contributed by atoms with Crippen LogP contribution in [0, 0.1) is 6.92 Å². The molecule has 1 atom stereocenters. The van der Waals surface area contributed by atoms with Gasteiger partial charge in [0.2, 0.25) is 0 Å². The van der Waals surface area contributed by atoms with Crippen LogP contribution in [0.25, 0.3) is 11.3 Å². The fourth-order valence-corrected chi connectivity index (χ4v) is 2.92. The van der Waals surface area contributed by atoms with Gasteiger partial charge >= 0.3 is 0 Å². The Morgan fingerprint density at radius 2 is 2.10 bits per heavy atom. The summed E-state index contributed by atoms with van der Waals surface area (Å²) in [5.74, 6) is 1.02. The van der Waals surface area contributed by atoms with Crippen molar-refractivity contribution >= 4 is 17.4 Å². The summed E-state index contributed by atoms with van der Waals surface area (Å²) >= 11 is 5.93. The number of hydrogen-bond acceptors (Lipinski definition) is 3. The molecule has 1 aromatic carbocycles. The Bertz CT molecular complexity index is 590. The monoisotopic (exact) mass is 290 g/mol. The number of hydrogen-bond donors (Lipinski definition) is 2. The van der Waals surface area contributed by atoms with Gasteiger partial charge in [-0.1, -0.05) is 23.7 Å². The van der Waals surface area contributed by atoms with Gasteiger partial charge in [-0.2, -0.15) is 5.10 Å². The number of anilines is 1. The minimum Gasteiger partial charge on any atom is -0.353 e. The largest absolute Gasteiger partial charge is 0.353 e. The number of piperidine rings is 1. The predicted molar refractivity (Wildman–Crippen MR) is 83.2 cm³/mol. The molecule has 1 aromatic heterocycles. The van der Waals surface area contributed by atoms with E-state index in [0.29, 0.717) is 0 Å². The van der Waals surface area contributed by atoms with E-state index in [-0.39, 0.29) is 6.04 Å². The molecule has 5 heteroatoms. The van der Waals surface area contributed by atoms with Gasteiger partial charge in [-0.05, 0) is 37.5 Å². The van der Waals surface area contributed by atoms with Gasteiger partial charge in [-0.25, -0.2) is 0 Å². The molecule has 3 N–H and O–H groups in total. The number of nitrogens with two attached hydrogens (primary N) is 1. The molecule has 1 unspecified atom stereocenters. The third kappa shape index (κ3) is 2.53. The second-order valence-electron chi connectivity index (χ2n) is 5.40. The lowest BCUT2D eigenvalue weighted by Crippen LogP contribution is -2.43. The molecule has 2 aromatic rings. The minimum atomic E-state index is 0.249. The molecule has 1 aliphatic rings. The van der Waals surface area contributed by atoms with Crippen LogP contribution in [0.4, 0.5) is 5.82 Å². The Morgan fingerprint density at radius 1 is 1.35 bits per heavy atom. The van der Waals surface area contributed by atoms with Crippen LogP contribution in [-0.2, 0) is 0 Å². The number of nitrogens with one attached hydrogen (secondary N) is 1. The molecular weight excluding hydrogens is 272 g/mol. The molecule has 1 aliphatic heterocycles. The highest BCUT2D eigenvalue weighted by atomic mass is 35.5. The Balaban J connectivity index is 1.90. The average Bonchev–Trinajstić information content (AvgIpc) is 2.82. The van der Waals surface area contributed by atoms with Crippen LogP contribution in [0.15, 0.2) is 24.3 Å². The molecule has 1 saturated heterocycles. The van der Waals surface area contributed by atoms with Gasteiger partial charge in [0.25, 0.3) is 0 Å². The molecule has 20 heavy (non-hydrogen) atoms. The van der Waals surface area contributed by atoms with Crippen LogP contribution in [0.3, 0.4) is 0 Å². The summed E-state index contributed by atoms with van der Waals surface area (Å²) in [6, 6.07) is 8.06. The molecule has 0 amide bonds. The lowest BCUT2D eigenvalue weighted by atomic mass is 10.0. The predicted octanol–water partition coefficient (Wildman–Crippen LogP) is 2.97. The number of aromatic amines is 1. The van der Waals surface area contributed by atoms with Crippen molar-refractivity contribution in [1.82, 2.24) is 10.2 Å². The van der Waals surface area contributed by atoms with Crippen LogP contribution in [0.1, 0.15) is 18.4 Å². The van der Waals surface area contributed by atoms with E-state index >= 15 is 0 Å². The quantitative estimate of drug-likeness (QED) is 0.894. The number of H-pyrrole nitrogens is 1. The smallest absolute Gasteiger partial charge is 0.153 e. The van der Waals surface area contributed by atoms with Gasteiger partial charge in [-0.3, -0.25) is 5.10 Å². The van der Waals surface area contributed by atoms with Gasteiger partial charge in [0.05, 0.1) is 5.69 Å². The number of halogens is 1. The fourth-order valence-electron chi connectivity index (χ4n) is 2.80. The zero-order valence-corrected chi connectivity index (χ0v) is 12.3. The van der Waals surface area contributed by atoms with E-state index in [2.05, 4.69) is 22.0 Å². The summed E-state index contributed by atoms with van der Waals surface area (Å²) in [4.78, 5) is 2.28. The zero-order valence-electron chi connectivity index (χ0n) is 11.6. The van der Waals surface area contributed by atoms with Crippen LogP contribution < -0.4 is 10.6 Å². The maximum atomic E-state index is 6.05. The van der Waals surface area contributed by atoms with E-state index in [0.717, 1.165) is 48.0 Å². The molecule has 0 aliphatic carbocycles. The molecule has 0 saturated carbocycles. The highest BCUT2D eigenvalue weighted by molar-refractivity contribution is 6.30. The lowest BCUT2D eigenvalue weighted by Gasteiger charge is -2.31. The third-order valence-electron chi connectivity index (χ3n) is 3.87. The summed E-state index contributed by atoms with van der Waals surface area (Å²) < 4.78 is 0. The first-order chi connectivity index (χ1) is 9.65. The van der Waals surface area contributed by atoms with E-state index in [9.17, 15) is 0 Å². The lowest BCUT2D eigenvalue weighted by molar-refractivity contribution is 0.502. The van der Waals surface area contributed by atoms with Crippen LogP contribution in [0.2, 0.25) is 5.02 Å². The van der Waals surface area contributed by atoms with Gasteiger partial charge in [0, 0.05) is 29.7 Å². The molecule has 0 bridgehead atoms. The Hall–Kier alpha value is -1.52. The zero-order chi connectivity index (χ0) is 14.1. The van der Waals surface area contributed by atoms with Crippen molar-refractivity contribution in [3.05, 3.63) is 34.9 Å². The third-order valence-corrected chi connectivity index (χ3v) is 4.13. The van der Waals surface area contributed by atoms with Crippen molar-refractivity contribution in [2.24, 2.45) is 5.73 Å². The molecule has 106 valence electrons. The number of aromatic nitrogens is 2. The Labute approximate surface area is 123 Å². The first-order valence-corrected chi connectivity index (χ1v) is 7.34. The molecule has 1 fully saturated rings. The van der Waals surface area contributed by atoms with Gasteiger partial charge in [-0.15, -0.1) is 0 Å². The van der Waals surface area contributed by atoms with Crippen molar-refractivity contribution in [3.63, 3.8) is 0 Å². The molecule has 4 nitrogen and oxygen atoms in total. The van der Waals surface area contributed by atoms with Gasteiger partial charge in [0.15, 0.2) is 5.82 Å².